The molecule has 0 aliphatic heterocycles. The zero-order chi connectivity index (χ0) is 11.7. The molecule has 0 saturated carbocycles. The first-order valence-corrected chi connectivity index (χ1v) is 6.14. The van der Waals surface area contributed by atoms with Crippen molar-refractivity contribution in [1.82, 2.24) is 4.98 Å². The molecule has 0 fully saturated rings. The van der Waals surface area contributed by atoms with Gasteiger partial charge in [0.1, 0.15) is 5.82 Å². The lowest BCUT2D eigenvalue weighted by Gasteiger charge is -2.13. The van der Waals surface area contributed by atoms with E-state index in [1.54, 1.807) is 6.20 Å². The molecule has 1 aromatic carbocycles. The van der Waals surface area contributed by atoms with E-state index in [0.29, 0.717) is 11.1 Å². The summed E-state index contributed by atoms with van der Waals surface area (Å²) < 4.78 is 0. The van der Waals surface area contributed by atoms with Crippen molar-refractivity contribution < 1.29 is 0 Å². The summed E-state index contributed by atoms with van der Waals surface area (Å²) in [7, 11) is 0. The molecule has 0 atom stereocenters. The van der Waals surface area contributed by atoms with Crippen LogP contribution >= 0.6 is 11.6 Å². The van der Waals surface area contributed by atoms with Crippen molar-refractivity contribution in [2.45, 2.75) is 18.9 Å². The quantitative estimate of drug-likeness (QED) is 0.877. The van der Waals surface area contributed by atoms with E-state index in [0.717, 1.165) is 18.7 Å². The van der Waals surface area contributed by atoms with Crippen LogP contribution in [0.2, 0.25) is 5.02 Å². The lowest BCUT2D eigenvalue weighted by Crippen LogP contribution is -2.20. The Bertz CT molecular complexity index is 514. The number of hydrogen-bond acceptors (Lipinski definition) is 2. The van der Waals surface area contributed by atoms with Gasteiger partial charge in [0, 0.05) is 12.2 Å². The van der Waals surface area contributed by atoms with Crippen molar-refractivity contribution in [3.05, 3.63) is 58.7 Å². The fourth-order valence-electron chi connectivity index (χ4n) is 2.35. The number of benzene rings is 1. The molecular weight excluding hydrogens is 232 g/mol. The van der Waals surface area contributed by atoms with E-state index in [1.807, 2.05) is 12.1 Å². The molecule has 2 aromatic rings. The summed E-state index contributed by atoms with van der Waals surface area (Å²) >= 11 is 6.09. The van der Waals surface area contributed by atoms with E-state index in [-0.39, 0.29) is 0 Å². The second-order valence-electron chi connectivity index (χ2n) is 4.35. The molecule has 1 aliphatic rings. The fourth-order valence-corrected chi connectivity index (χ4v) is 2.52. The molecule has 0 unspecified atom stereocenters. The van der Waals surface area contributed by atoms with E-state index >= 15 is 0 Å². The summed E-state index contributed by atoms with van der Waals surface area (Å²) in [5, 5.41) is 4.10. The first-order chi connectivity index (χ1) is 8.33. The highest BCUT2D eigenvalue weighted by Crippen LogP contribution is 2.26. The number of aromatic nitrogens is 1. The van der Waals surface area contributed by atoms with Gasteiger partial charge in [-0.1, -0.05) is 35.9 Å². The maximum Gasteiger partial charge on any atom is 0.144 e. The van der Waals surface area contributed by atoms with Crippen LogP contribution < -0.4 is 5.32 Å². The maximum atomic E-state index is 6.09. The van der Waals surface area contributed by atoms with Gasteiger partial charge >= 0.3 is 0 Å². The normalized spacial score (nSPS) is 14.6. The molecule has 3 rings (SSSR count). The van der Waals surface area contributed by atoms with Crippen molar-refractivity contribution in [2.24, 2.45) is 0 Å². The summed E-state index contributed by atoms with van der Waals surface area (Å²) in [6, 6.07) is 12.7. The van der Waals surface area contributed by atoms with Gasteiger partial charge in [0.25, 0.3) is 0 Å². The van der Waals surface area contributed by atoms with Gasteiger partial charge in [0.15, 0.2) is 0 Å². The van der Waals surface area contributed by atoms with Crippen molar-refractivity contribution in [3.8, 4) is 0 Å². The van der Waals surface area contributed by atoms with Crippen LogP contribution in [0.25, 0.3) is 0 Å². The van der Waals surface area contributed by atoms with Crippen LogP contribution in [-0.2, 0) is 12.8 Å². The first kappa shape index (κ1) is 10.6. The van der Waals surface area contributed by atoms with E-state index < -0.39 is 0 Å². The zero-order valence-corrected chi connectivity index (χ0v) is 10.1. The molecule has 1 heterocycles. The van der Waals surface area contributed by atoms with Gasteiger partial charge in [-0.15, -0.1) is 0 Å². The highest BCUT2D eigenvalue weighted by molar-refractivity contribution is 6.32. The summed E-state index contributed by atoms with van der Waals surface area (Å²) in [4.78, 5) is 4.26. The Morgan fingerprint density at radius 1 is 1.06 bits per heavy atom. The largest absolute Gasteiger partial charge is 0.365 e. The van der Waals surface area contributed by atoms with Crippen molar-refractivity contribution in [1.29, 1.82) is 0 Å². The molecule has 0 radical (unpaired) electrons. The monoisotopic (exact) mass is 244 g/mol. The summed E-state index contributed by atoms with van der Waals surface area (Å²) in [6.45, 7) is 0. The Morgan fingerprint density at radius 2 is 1.76 bits per heavy atom. The van der Waals surface area contributed by atoms with Crippen molar-refractivity contribution in [2.75, 3.05) is 5.32 Å². The van der Waals surface area contributed by atoms with Gasteiger partial charge in [-0.25, -0.2) is 4.98 Å². The smallest absolute Gasteiger partial charge is 0.144 e. The highest BCUT2D eigenvalue weighted by atomic mass is 35.5. The van der Waals surface area contributed by atoms with E-state index in [1.165, 1.54) is 11.1 Å². The van der Waals surface area contributed by atoms with Gasteiger partial charge in [-0.3, -0.25) is 0 Å². The standard InChI is InChI=1S/C14H13ClN2/c15-13-6-3-7-16-14(13)17-12-8-10-4-1-2-5-11(10)9-12/h1-7,12H,8-9H2,(H,16,17). The maximum absolute atomic E-state index is 6.09. The van der Waals surface area contributed by atoms with Crippen LogP contribution in [0.4, 0.5) is 5.82 Å². The predicted octanol–water partition coefficient (Wildman–Crippen LogP) is 3.31. The third kappa shape index (κ3) is 2.13. The molecule has 17 heavy (non-hydrogen) atoms. The second kappa shape index (κ2) is 4.38. The number of rotatable bonds is 2. The molecule has 1 aromatic heterocycles. The molecule has 2 nitrogen and oxygen atoms in total. The number of nitrogens with one attached hydrogen (secondary N) is 1. The van der Waals surface area contributed by atoms with Gasteiger partial charge in [-0.05, 0) is 36.1 Å². The van der Waals surface area contributed by atoms with Crippen LogP contribution in [0.1, 0.15) is 11.1 Å². The van der Waals surface area contributed by atoms with Crippen LogP contribution in [-0.4, -0.2) is 11.0 Å². The SMILES string of the molecule is Clc1cccnc1NC1Cc2ccccc2C1. The van der Waals surface area contributed by atoms with Crippen LogP contribution in [0.5, 0.6) is 0 Å². The molecule has 0 spiro atoms. The lowest BCUT2D eigenvalue weighted by molar-refractivity contribution is 0.769. The number of halogens is 1. The van der Waals surface area contributed by atoms with Gasteiger partial charge in [-0.2, -0.15) is 0 Å². The molecule has 0 saturated heterocycles. The Labute approximate surface area is 106 Å². The molecule has 1 aliphatic carbocycles. The Morgan fingerprint density at radius 3 is 2.41 bits per heavy atom. The van der Waals surface area contributed by atoms with Gasteiger partial charge in [0.2, 0.25) is 0 Å². The van der Waals surface area contributed by atoms with Crippen molar-refractivity contribution >= 4 is 17.4 Å². The molecule has 0 bridgehead atoms. The Balaban J connectivity index is 1.76. The van der Waals surface area contributed by atoms with Crippen LogP contribution in [0.3, 0.4) is 0 Å². The van der Waals surface area contributed by atoms with Gasteiger partial charge in [0.05, 0.1) is 5.02 Å². The topological polar surface area (TPSA) is 24.9 Å². The minimum Gasteiger partial charge on any atom is -0.365 e. The molecule has 3 heteroatoms. The summed E-state index contributed by atoms with van der Waals surface area (Å²) in [5.74, 6) is 0.784. The predicted molar refractivity (Wildman–Crippen MR) is 70.5 cm³/mol. The molecule has 86 valence electrons. The molecule has 1 N–H and O–H groups in total. The number of anilines is 1. The number of hydrogen-bond donors (Lipinski definition) is 1. The van der Waals surface area contributed by atoms with Crippen LogP contribution in [0, 0.1) is 0 Å². The average molecular weight is 245 g/mol. The summed E-state index contributed by atoms with van der Waals surface area (Å²) in [6.07, 6.45) is 3.85. The minimum absolute atomic E-state index is 0.403. The molecular formula is C14H13ClN2. The number of nitrogens with zero attached hydrogens (tertiary/aromatic N) is 1. The first-order valence-electron chi connectivity index (χ1n) is 5.77. The van der Waals surface area contributed by atoms with Crippen molar-refractivity contribution in [3.63, 3.8) is 0 Å². The minimum atomic E-state index is 0.403. The highest BCUT2D eigenvalue weighted by Gasteiger charge is 2.21. The fraction of sp³-hybridized carbons (Fsp3) is 0.214. The lowest BCUT2D eigenvalue weighted by atomic mass is 10.1. The Kier molecular flexibility index (Phi) is 2.73. The van der Waals surface area contributed by atoms with E-state index in [4.69, 9.17) is 11.6 Å². The third-order valence-electron chi connectivity index (χ3n) is 3.15. The Hall–Kier alpha value is -1.54. The third-order valence-corrected chi connectivity index (χ3v) is 3.46. The van der Waals surface area contributed by atoms with E-state index in [2.05, 4.69) is 34.6 Å². The number of fused-ring (bicyclic) bond motifs is 1. The average Bonchev–Trinajstić information content (AvgIpc) is 2.74. The van der Waals surface area contributed by atoms with Crippen LogP contribution in [0.15, 0.2) is 42.6 Å². The van der Waals surface area contributed by atoms with E-state index in [9.17, 15) is 0 Å². The molecule has 0 amide bonds. The van der Waals surface area contributed by atoms with Gasteiger partial charge < -0.3 is 5.32 Å². The number of pyridine rings is 1. The second-order valence-corrected chi connectivity index (χ2v) is 4.76. The zero-order valence-electron chi connectivity index (χ0n) is 9.36. The summed E-state index contributed by atoms with van der Waals surface area (Å²) in [5.41, 5.74) is 2.86.